The van der Waals surface area contributed by atoms with Gasteiger partial charge >= 0.3 is 6.05 Å². The summed E-state index contributed by atoms with van der Waals surface area (Å²) < 4.78 is 55.5. The van der Waals surface area contributed by atoms with E-state index >= 15 is 0 Å². The summed E-state index contributed by atoms with van der Waals surface area (Å²) in [5.41, 5.74) is 5.13. The zero-order chi connectivity index (χ0) is 17.8. The molecule has 0 bridgehead atoms. The Hall–Kier alpha value is 0.340. The minimum atomic E-state index is -2.86. The summed E-state index contributed by atoms with van der Waals surface area (Å²) in [5, 5.41) is 2.80. The van der Waals surface area contributed by atoms with E-state index in [2.05, 4.69) is 17.9 Å². The van der Waals surface area contributed by atoms with Crippen molar-refractivity contribution in [3.63, 3.8) is 0 Å². The molecule has 0 aromatic heterocycles. The van der Waals surface area contributed by atoms with E-state index in [0.717, 1.165) is 12.8 Å². The van der Waals surface area contributed by atoms with Crippen molar-refractivity contribution >= 4 is 24.4 Å². The summed E-state index contributed by atoms with van der Waals surface area (Å²) in [4.78, 5) is 0. The van der Waals surface area contributed by atoms with Gasteiger partial charge in [-0.1, -0.05) is 0 Å². The minimum absolute atomic E-state index is 0.163. The first-order valence-electron chi connectivity index (χ1n) is 8.75. The zero-order valence-corrected chi connectivity index (χ0v) is 15.5. The standard InChI is InChI=1S/C16H28F4N2S2/c17-15(18,9-21)11-3-7-14(8-4-11)24-10-22-16(19,20)12-1-5-13(23)6-2-12/h11-14,22-23H,1-10,21H2. The lowest BCUT2D eigenvalue weighted by atomic mass is 9.84. The van der Waals surface area contributed by atoms with Crippen molar-refractivity contribution in [2.75, 3.05) is 12.4 Å². The van der Waals surface area contributed by atoms with E-state index in [1.165, 1.54) is 11.8 Å². The molecule has 2 saturated carbocycles. The average Bonchev–Trinajstić information content (AvgIpc) is 2.55. The zero-order valence-electron chi connectivity index (χ0n) is 13.8. The van der Waals surface area contributed by atoms with Crippen LogP contribution in [0.5, 0.6) is 0 Å². The van der Waals surface area contributed by atoms with Gasteiger partial charge in [0.1, 0.15) is 0 Å². The Morgan fingerprint density at radius 2 is 1.46 bits per heavy atom. The first kappa shape index (κ1) is 20.6. The minimum Gasteiger partial charge on any atom is -0.325 e. The van der Waals surface area contributed by atoms with Crippen molar-refractivity contribution in [2.24, 2.45) is 17.6 Å². The van der Waals surface area contributed by atoms with Crippen molar-refractivity contribution in [3.05, 3.63) is 0 Å². The Morgan fingerprint density at radius 3 is 2.00 bits per heavy atom. The van der Waals surface area contributed by atoms with Crippen LogP contribution in [-0.4, -0.2) is 34.9 Å². The van der Waals surface area contributed by atoms with E-state index in [4.69, 9.17) is 5.73 Å². The molecule has 2 aliphatic carbocycles. The fourth-order valence-corrected chi connectivity index (χ4v) is 5.07. The third kappa shape index (κ3) is 5.68. The van der Waals surface area contributed by atoms with Crippen LogP contribution in [0.25, 0.3) is 0 Å². The number of nitrogens with two attached hydrogens (primary N) is 1. The Morgan fingerprint density at radius 1 is 0.917 bits per heavy atom. The average molecular weight is 389 g/mol. The molecule has 0 aromatic carbocycles. The Bertz CT molecular complexity index is 382. The molecule has 2 rings (SSSR count). The van der Waals surface area contributed by atoms with Crippen LogP contribution in [0.4, 0.5) is 17.6 Å². The number of hydrogen-bond donors (Lipinski definition) is 3. The molecule has 0 heterocycles. The summed E-state index contributed by atoms with van der Waals surface area (Å²) in [5.74, 6) is -3.92. The smallest absolute Gasteiger partial charge is 0.305 e. The number of nitrogens with one attached hydrogen (secondary N) is 1. The lowest BCUT2D eigenvalue weighted by molar-refractivity contribution is -0.0951. The number of hydrogen-bond acceptors (Lipinski definition) is 4. The highest BCUT2D eigenvalue weighted by Gasteiger charge is 2.42. The Kier molecular flexibility index (Phi) is 7.59. The largest absolute Gasteiger partial charge is 0.325 e. The molecule has 8 heteroatoms. The molecule has 142 valence electrons. The quantitative estimate of drug-likeness (QED) is 0.260. The van der Waals surface area contributed by atoms with E-state index < -0.39 is 30.3 Å². The van der Waals surface area contributed by atoms with Gasteiger partial charge in [-0.25, -0.2) is 14.1 Å². The van der Waals surface area contributed by atoms with Crippen LogP contribution >= 0.6 is 24.4 Å². The van der Waals surface area contributed by atoms with E-state index in [0.29, 0.717) is 38.5 Å². The topological polar surface area (TPSA) is 38.0 Å². The number of alkyl halides is 4. The first-order valence-corrected chi connectivity index (χ1v) is 10.3. The molecule has 2 fully saturated rings. The van der Waals surface area contributed by atoms with Gasteiger partial charge < -0.3 is 5.73 Å². The van der Waals surface area contributed by atoms with E-state index in [1.54, 1.807) is 0 Å². The van der Waals surface area contributed by atoms with Crippen LogP contribution in [0.1, 0.15) is 51.4 Å². The molecule has 0 atom stereocenters. The third-order valence-corrected chi connectivity index (χ3v) is 7.15. The van der Waals surface area contributed by atoms with Crippen LogP contribution in [0.15, 0.2) is 0 Å². The predicted octanol–water partition coefficient (Wildman–Crippen LogP) is 4.50. The maximum Gasteiger partial charge on any atom is 0.305 e. The fourth-order valence-electron chi connectivity index (χ4n) is 3.66. The number of thioether (sulfide) groups is 1. The van der Waals surface area contributed by atoms with Gasteiger partial charge in [0, 0.05) is 28.2 Å². The lowest BCUT2D eigenvalue weighted by Gasteiger charge is -2.34. The first-order chi connectivity index (χ1) is 11.2. The summed E-state index contributed by atoms with van der Waals surface area (Å²) >= 11 is 5.77. The molecular formula is C16H28F4N2S2. The van der Waals surface area contributed by atoms with Crippen LogP contribution in [0.3, 0.4) is 0 Å². The second kappa shape index (κ2) is 8.82. The highest BCUT2D eigenvalue weighted by atomic mass is 32.2. The molecule has 24 heavy (non-hydrogen) atoms. The van der Waals surface area contributed by atoms with Crippen molar-refractivity contribution in [3.8, 4) is 0 Å². The monoisotopic (exact) mass is 388 g/mol. The molecule has 0 aromatic rings. The van der Waals surface area contributed by atoms with Gasteiger partial charge in [-0.05, 0) is 51.4 Å². The molecule has 0 amide bonds. The lowest BCUT2D eigenvalue weighted by Crippen LogP contribution is -2.45. The number of halogens is 4. The van der Waals surface area contributed by atoms with Gasteiger partial charge in [0.05, 0.1) is 6.54 Å². The molecule has 3 N–H and O–H groups in total. The van der Waals surface area contributed by atoms with Crippen molar-refractivity contribution in [1.82, 2.24) is 5.32 Å². The second-order valence-electron chi connectivity index (χ2n) is 7.05. The van der Waals surface area contributed by atoms with Crippen LogP contribution < -0.4 is 11.1 Å². The predicted molar refractivity (Wildman–Crippen MR) is 95.0 cm³/mol. The molecule has 2 aliphatic rings. The van der Waals surface area contributed by atoms with Gasteiger partial charge in [0.2, 0.25) is 0 Å². The highest BCUT2D eigenvalue weighted by molar-refractivity contribution is 7.99. The maximum absolute atomic E-state index is 14.2. The summed E-state index contributed by atoms with van der Waals surface area (Å²) in [6, 6.07) is -2.86. The van der Waals surface area contributed by atoms with Crippen LogP contribution in [0, 0.1) is 11.8 Å². The number of rotatable bonds is 7. The SMILES string of the molecule is NCC(F)(F)C1CCC(SCNC(F)(F)C2CCC(S)CC2)CC1. The van der Waals surface area contributed by atoms with Gasteiger partial charge in [-0.15, -0.1) is 11.8 Å². The van der Waals surface area contributed by atoms with Crippen LogP contribution in [-0.2, 0) is 0 Å². The molecule has 0 radical (unpaired) electrons. The molecule has 0 unspecified atom stereocenters. The molecule has 0 spiro atoms. The molecule has 0 saturated heterocycles. The van der Waals surface area contributed by atoms with Crippen LogP contribution in [0.2, 0.25) is 0 Å². The van der Waals surface area contributed by atoms with E-state index in [9.17, 15) is 17.6 Å². The molecular weight excluding hydrogens is 360 g/mol. The van der Waals surface area contributed by atoms with Crippen molar-refractivity contribution in [1.29, 1.82) is 0 Å². The Labute approximate surface area is 151 Å². The van der Waals surface area contributed by atoms with Gasteiger partial charge in [-0.3, -0.25) is 0 Å². The van der Waals surface area contributed by atoms with E-state index in [1.807, 2.05) is 0 Å². The molecule has 0 aliphatic heterocycles. The second-order valence-corrected chi connectivity index (χ2v) is 9.07. The number of thiol groups is 1. The summed E-state index contributed by atoms with van der Waals surface area (Å²) in [6.07, 6.45) is 4.59. The van der Waals surface area contributed by atoms with Crippen molar-refractivity contribution < 1.29 is 17.6 Å². The van der Waals surface area contributed by atoms with Gasteiger partial charge in [-0.2, -0.15) is 21.4 Å². The molecule has 2 nitrogen and oxygen atoms in total. The van der Waals surface area contributed by atoms with Crippen molar-refractivity contribution in [2.45, 2.75) is 73.8 Å². The summed E-state index contributed by atoms with van der Waals surface area (Å²) in [7, 11) is 0. The van der Waals surface area contributed by atoms with E-state index in [-0.39, 0.29) is 16.4 Å². The van der Waals surface area contributed by atoms with Gasteiger partial charge in [0.15, 0.2) is 0 Å². The third-order valence-electron chi connectivity index (χ3n) is 5.38. The van der Waals surface area contributed by atoms with Gasteiger partial charge in [0.25, 0.3) is 5.92 Å². The fraction of sp³-hybridized carbons (Fsp3) is 1.00. The highest BCUT2D eigenvalue weighted by Crippen LogP contribution is 2.40. The summed E-state index contributed by atoms with van der Waals surface area (Å²) in [6.45, 7) is -0.613. The Balaban J connectivity index is 1.67. The normalized spacial score (nSPS) is 32.8. The maximum atomic E-state index is 14.2.